The number of amides is 1. The van der Waals surface area contributed by atoms with E-state index in [4.69, 9.17) is 4.74 Å². The van der Waals surface area contributed by atoms with Gasteiger partial charge in [0.25, 0.3) is 5.91 Å². The van der Waals surface area contributed by atoms with Crippen molar-refractivity contribution in [2.24, 2.45) is 4.99 Å². The van der Waals surface area contributed by atoms with Gasteiger partial charge in [-0.05, 0) is 66.4 Å². The van der Waals surface area contributed by atoms with Crippen LogP contribution in [0.15, 0.2) is 39.5 Å². The maximum Gasteiger partial charge on any atom is 0.286 e. The number of nitrogens with zero attached hydrogens (tertiary/aromatic N) is 3. The summed E-state index contributed by atoms with van der Waals surface area (Å²) in [6.45, 7) is 5.15. The topological polar surface area (TPSA) is 88.5 Å². The molecule has 30 heavy (non-hydrogen) atoms. The Morgan fingerprint density at radius 2 is 2.10 bits per heavy atom. The molecule has 0 saturated heterocycles. The molecule has 1 aliphatic rings. The Morgan fingerprint density at radius 1 is 1.23 bits per heavy atom. The van der Waals surface area contributed by atoms with Crippen LogP contribution in [0.4, 0.5) is 5.95 Å². The molecule has 9 heteroatoms. The molecular formula is C21H21N5O2S2. The third kappa shape index (κ3) is 4.31. The number of benzene rings is 1. The molecule has 0 aliphatic carbocycles. The molecule has 0 saturated carbocycles. The number of aryl methyl sites for hydroxylation is 1. The Morgan fingerprint density at radius 3 is 2.83 bits per heavy atom. The molecule has 2 aromatic heterocycles. The number of fused-ring (bicyclic) bond motifs is 1. The summed E-state index contributed by atoms with van der Waals surface area (Å²) >= 11 is 3.04. The van der Waals surface area contributed by atoms with Gasteiger partial charge in [-0.25, -0.2) is 4.98 Å². The molecular weight excluding hydrogens is 418 g/mol. The molecule has 3 aromatic rings. The van der Waals surface area contributed by atoms with E-state index in [0.717, 1.165) is 16.5 Å². The fourth-order valence-corrected chi connectivity index (χ4v) is 4.60. The van der Waals surface area contributed by atoms with Crippen molar-refractivity contribution in [1.29, 1.82) is 0 Å². The van der Waals surface area contributed by atoms with E-state index in [1.807, 2.05) is 31.2 Å². The summed E-state index contributed by atoms with van der Waals surface area (Å²) in [4.78, 5) is 27.2. The molecule has 0 bridgehead atoms. The molecule has 1 aliphatic heterocycles. The van der Waals surface area contributed by atoms with E-state index >= 15 is 0 Å². The first-order chi connectivity index (χ1) is 14.6. The van der Waals surface area contributed by atoms with Crippen molar-refractivity contribution < 1.29 is 9.53 Å². The van der Waals surface area contributed by atoms with Crippen LogP contribution in [-0.2, 0) is 11.3 Å². The SMILES string of the molecule is CCOc1nc(NC)nc2ccc(/C=C3\SC(NCc4sccc4C)=NC3=O)cc12. The highest BCUT2D eigenvalue weighted by molar-refractivity contribution is 8.18. The number of aliphatic imine (C=N–C) groups is 1. The molecule has 0 radical (unpaired) electrons. The Labute approximate surface area is 182 Å². The second-order valence-corrected chi connectivity index (χ2v) is 8.56. The van der Waals surface area contributed by atoms with E-state index in [-0.39, 0.29) is 5.91 Å². The van der Waals surface area contributed by atoms with Gasteiger partial charge in [0.1, 0.15) is 0 Å². The van der Waals surface area contributed by atoms with E-state index in [2.05, 4.69) is 44.0 Å². The van der Waals surface area contributed by atoms with E-state index in [1.54, 1.807) is 18.4 Å². The Hall–Kier alpha value is -2.91. The van der Waals surface area contributed by atoms with Gasteiger partial charge in [-0.1, -0.05) is 6.07 Å². The van der Waals surface area contributed by atoms with Crippen LogP contribution in [-0.4, -0.2) is 34.7 Å². The van der Waals surface area contributed by atoms with Crippen molar-refractivity contribution in [1.82, 2.24) is 15.3 Å². The predicted molar refractivity (Wildman–Crippen MR) is 124 cm³/mol. The predicted octanol–water partition coefficient (Wildman–Crippen LogP) is 4.20. The van der Waals surface area contributed by atoms with Gasteiger partial charge in [0.05, 0.1) is 29.0 Å². The maximum absolute atomic E-state index is 12.4. The number of thioether (sulfide) groups is 1. The first-order valence-electron chi connectivity index (χ1n) is 9.49. The highest BCUT2D eigenvalue weighted by Crippen LogP contribution is 2.30. The summed E-state index contributed by atoms with van der Waals surface area (Å²) < 4.78 is 5.69. The average molecular weight is 440 g/mol. The number of aromatic nitrogens is 2. The number of rotatable bonds is 6. The fraction of sp³-hybridized carbons (Fsp3) is 0.238. The zero-order chi connectivity index (χ0) is 21.1. The number of hydrogen-bond acceptors (Lipinski definition) is 8. The summed E-state index contributed by atoms with van der Waals surface area (Å²) in [6, 6.07) is 7.84. The lowest BCUT2D eigenvalue weighted by Gasteiger charge is -2.09. The summed E-state index contributed by atoms with van der Waals surface area (Å²) in [5.41, 5.74) is 2.88. The summed E-state index contributed by atoms with van der Waals surface area (Å²) in [5, 5.41) is 9.68. The highest BCUT2D eigenvalue weighted by Gasteiger charge is 2.22. The summed E-state index contributed by atoms with van der Waals surface area (Å²) in [7, 11) is 1.77. The quantitative estimate of drug-likeness (QED) is 0.557. The minimum atomic E-state index is -0.239. The van der Waals surface area contributed by atoms with Gasteiger partial charge in [-0.3, -0.25) is 4.79 Å². The van der Waals surface area contributed by atoms with E-state index in [9.17, 15) is 4.79 Å². The minimum Gasteiger partial charge on any atom is -0.477 e. The van der Waals surface area contributed by atoms with Crippen molar-refractivity contribution in [2.45, 2.75) is 20.4 Å². The second-order valence-electron chi connectivity index (χ2n) is 6.53. The molecule has 2 N–H and O–H groups in total. The number of ether oxygens (including phenoxy) is 1. The van der Waals surface area contributed by atoms with Crippen LogP contribution in [0.1, 0.15) is 22.9 Å². The number of amidine groups is 1. The lowest BCUT2D eigenvalue weighted by molar-refractivity contribution is -0.113. The maximum atomic E-state index is 12.4. The molecule has 0 fully saturated rings. The first-order valence-corrected chi connectivity index (χ1v) is 11.2. The van der Waals surface area contributed by atoms with Crippen LogP contribution in [0.2, 0.25) is 0 Å². The molecule has 154 valence electrons. The Bertz CT molecular complexity index is 1170. The Balaban J connectivity index is 1.55. The van der Waals surface area contributed by atoms with Gasteiger partial charge in [-0.2, -0.15) is 9.98 Å². The van der Waals surface area contributed by atoms with Crippen LogP contribution in [0.5, 0.6) is 5.88 Å². The van der Waals surface area contributed by atoms with Crippen LogP contribution >= 0.6 is 23.1 Å². The van der Waals surface area contributed by atoms with Gasteiger partial charge in [0, 0.05) is 11.9 Å². The van der Waals surface area contributed by atoms with Gasteiger partial charge in [0.2, 0.25) is 11.8 Å². The number of carbonyl (C=O) groups is 1. The fourth-order valence-electron chi connectivity index (χ4n) is 2.94. The van der Waals surface area contributed by atoms with Crippen molar-refractivity contribution in [3.63, 3.8) is 0 Å². The normalized spacial score (nSPS) is 15.0. The van der Waals surface area contributed by atoms with Gasteiger partial charge in [0.15, 0.2) is 5.17 Å². The highest BCUT2D eigenvalue weighted by atomic mass is 32.2. The third-order valence-electron chi connectivity index (χ3n) is 4.48. The minimum absolute atomic E-state index is 0.239. The molecule has 1 aromatic carbocycles. The molecule has 7 nitrogen and oxygen atoms in total. The van der Waals surface area contributed by atoms with Crippen molar-refractivity contribution in [2.75, 3.05) is 19.0 Å². The number of carbonyl (C=O) groups excluding carboxylic acids is 1. The van der Waals surface area contributed by atoms with E-state index in [0.29, 0.717) is 35.1 Å². The van der Waals surface area contributed by atoms with Crippen LogP contribution in [0, 0.1) is 6.92 Å². The van der Waals surface area contributed by atoms with Crippen molar-refractivity contribution in [3.05, 3.63) is 50.6 Å². The van der Waals surface area contributed by atoms with E-state index in [1.165, 1.54) is 22.2 Å². The first kappa shape index (κ1) is 20.4. The van der Waals surface area contributed by atoms with Gasteiger partial charge in [-0.15, -0.1) is 11.3 Å². The number of nitrogens with one attached hydrogen (secondary N) is 2. The molecule has 0 atom stereocenters. The average Bonchev–Trinajstić information content (AvgIpc) is 3.31. The number of anilines is 1. The van der Waals surface area contributed by atoms with Crippen LogP contribution < -0.4 is 15.4 Å². The summed E-state index contributed by atoms with van der Waals surface area (Å²) in [6.07, 6.45) is 1.84. The molecule has 3 heterocycles. The van der Waals surface area contributed by atoms with Gasteiger partial charge < -0.3 is 15.4 Å². The zero-order valence-electron chi connectivity index (χ0n) is 16.9. The summed E-state index contributed by atoms with van der Waals surface area (Å²) in [5.74, 6) is 0.781. The lowest BCUT2D eigenvalue weighted by atomic mass is 10.1. The molecule has 1 amide bonds. The zero-order valence-corrected chi connectivity index (χ0v) is 18.5. The Kier molecular flexibility index (Phi) is 6.01. The third-order valence-corrected chi connectivity index (χ3v) is 6.44. The van der Waals surface area contributed by atoms with Crippen molar-refractivity contribution >= 4 is 57.1 Å². The molecule has 4 rings (SSSR count). The second kappa shape index (κ2) is 8.85. The lowest BCUT2D eigenvalue weighted by Crippen LogP contribution is -2.17. The largest absolute Gasteiger partial charge is 0.477 e. The van der Waals surface area contributed by atoms with E-state index < -0.39 is 0 Å². The van der Waals surface area contributed by atoms with Crippen LogP contribution in [0.25, 0.3) is 17.0 Å². The number of hydrogen-bond donors (Lipinski definition) is 2. The molecule has 0 spiro atoms. The van der Waals surface area contributed by atoms with Crippen LogP contribution in [0.3, 0.4) is 0 Å². The van der Waals surface area contributed by atoms with Gasteiger partial charge >= 0.3 is 0 Å². The standard InChI is InChI=1S/C21H21N5O2S2/c1-4-28-19-14-9-13(5-6-15(14)24-20(22-3)26-19)10-16-18(27)25-21(30-16)23-11-17-12(2)7-8-29-17/h5-10H,4,11H2,1-3H3,(H,22,24,26)(H,23,25,27)/b16-10-. The molecule has 0 unspecified atom stereocenters. The monoisotopic (exact) mass is 439 g/mol. The number of thiophene rings is 1. The smallest absolute Gasteiger partial charge is 0.286 e. The van der Waals surface area contributed by atoms with Crippen molar-refractivity contribution in [3.8, 4) is 5.88 Å².